The van der Waals surface area contributed by atoms with Gasteiger partial charge in [0.15, 0.2) is 10.0 Å². The van der Waals surface area contributed by atoms with Crippen LogP contribution < -0.4 is 11.0 Å². The lowest BCUT2D eigenvalue weighted by atomic mass is 10.2. The third kappa shape index (κ3) is 3.85. The molecule has 1 aromatic carbocycles. The minimum Gasteiger partial charge on any atom is -0.595 e. The number of amides is 2. The number of carbonyl (C=O) groups excluding carboxylic acids is 2. The van der Waals surface area contributed by atoms with E-state index in [-0.39, 0.29) is 14.9 Å². The van der Waals surface area contributed by atoms with Gasteiger partial charge in [-0.05, 0) is 23.8 Å². The average molecular weight is 362 g/mol. The Morgan fingerprint density at radius 3 is 2.58 bits per heavy atom. The number of hydrogen-bond acceptors (Lipinski definition) is 7. The Bertz CT molecular complexity index is 809. The Kier molecular flexibility index (Phi) is 5.45. The van der Waals surface area contributed by atoms with Crippen LogP contribution in [0.2, 0.25) is 0 Å². The highest BCUT2D eigenvalue weighted by atomic mass is 32.2. The van der Waals surface area contributed by atoms with Crippen molar-refractivity contribution in [3.8, 4) is 6.07 Å². The van der Waals surface area contributed by atoms with Crippen molar-refractivity contribution in [1.82, 2.24) is 4.90 Å². The Morgan fingerprint density at radius 2 is 2.08 bits per heavy atom. The summed E-state index contributed by atoms with van der Waals surface area (Å²) < 4.78 is 0.155. The van der Waals surface area contributed by atoms with Crippen LogP contribution in [0.1, 0.15) is 5.56 Å². The van der Waals surface area contributed by atoms with E-state index in [0.29, 0.717) is 5.56 Å². The largest absolute Gasteiger partial charge is 0.595 e. The van der Waals surface area contributed by atoms with E-state index in [1.165, 1.54) is 18.2 Å². The fraction of sp³-hybridized carbons (Fsp3) is 0. The minimum atomic E-state index is -1.05. The molecule has 122 valence electrons. The lowest BCUT2D eigenvalue weighted by Crippen LogP contribution is -2.99. The number of nitriles is 1. The molecule has 1 saturated heterocycles. The van der Waals surface area contributed by atoms with E-state index in [4.69, 9.17) is 28.4 Å². The van der Waals surface area contributed by atoms with Crippen molar-refractivity contribution in [3.05, 3.63) is 51.7 Å². The molecule has 0 aromatic heterocycles. The van der Waals surface area contributed by atoms with E-state index in [0.717, 1.165) is 22.9 Å². The van der Waals surface area contributed by atoms with Gasteiger partial charge in [-0.2, -0.15) is 10.5 Å². The molecule has 2 rings (SSSR count). The first-order chi connectivity index (χ1) is 11.3. The summed E-state index contributed by atoms with van der Waals surface area (Å²) in [6.07, 6.45) is 2.55. The molecule has 1 aliphatic rings. The molecular weight excluding hydrogens is 352 g/mol. The van der Waals surface area contributed by atoms with Gasteiger partial charge in [0, 0.05) is 18.3 Å². The van der Waals surface area contributed by atoms with Gasteiger partial charge in [0.2, 0.25) is 0 Å². The first-order valence-corrected chi connectivity index (χ1v) is 7.58. The number of carbonyl (C=O) groups is 2. The number of primary amides is 1. The maximum absolute atomic E-state index is 12.3. The summed E-state index contributed by atoms with van der Waals surface area (Å²) in [5, 5.41) is 27.5. The van der Waals surface area contributed by atoms with Crippen molar-refractivity contribution in [1.29, 1.82) is 5.26 Å². The van der Waals surface area contributed by atoms with Gasteiger partial charge < -0.3 is 10.9 Å². The molecule has 24 heavy (non-hydrogen) atoms. The number of nitrogens with one attached hydrogen (secondary N) is 1. The zero-order valence-corrected chi connectivity index (χ0v) is 13.6. The molecule has 1 unspecified atom stereocenters. The molecule has 8 nitrogen and oxygen atoms in total. The van der Waals surface area contributed by atoms with Gasteiger partial charge in [-0.25, -0.2) is 5.21 Å². The quantitative estimate of drug-likeness (QED) is 0.301. The maximum atomic E-state index is 12.3. The van der Waals surface area contributed by atoms with Crippen LogP contribution in [0.5, 0.6) is 0 Å². The number of hydrogen-bond donors (Lipinski definition) is 3. The van der Waals surface area contributed by atoms with Gasteiger partial charge in [-0.3, -0.25) is 14.5 Å². The van der Waals surface area contributed by atoms with Crippen molar-refractivity contribution in [3.63, 3.8) is 0 Å². The van der Waals surface area contributed by atoms with E-state index in [1.54, 1.807) is 18.2 Å². The van der Waals surface area contributed by atoms with Crippen LogP contribution in [-0.2, 0) is 9.59 Å². The average Bonchev–Trinajstić information content (AvgIpc) is 2.79. The predicted octanol–water partition coefficient (Wildman–Crippen LogP) is 0.184. The van der Waals surface area contributed by atoms with Crippen molar-refractivity contribution in [2.24, 2.45) is 5.73 Å². The summed E-state index contributed by atoms with van der Waals surface area (Å²) in [6.45, 7) is 0. The van der Waals surface area contributed by atoms with Gasteiger partial charge in [-0.15, -0.1) is 0 Å². The van der Waals surface area contributed by atoms with E-state index < -0.39 is 22.6 Å². The molecule has 2 amide bonds. The maximum Gasteiger partial charge on any atom is 0.270 e. The third-order valence-corrected chi connectivity index (χ3v) is 4.25. The monoisotopic (exact) mass is 362 g/mol. The zero-order valence-electron chi connectivity index (χ0n) is 11.9. The SMILES string of the molecule is N#C/C(=C/N1C(=O)/C(=C\c2ccc([NH+]([O-])O)cc2)SC1=S)C(N)=O. The van der Waals surface area contributed by atoms with Crippen molar-refractivity contribution >= 4 is 51.9 Å². The summed E-state index contributed by atoms with van der Waals surface area (Å²) in [6, 6.07) is 7.53. The molecule has 1 aliphatic heterocycles. The molecule has 1 fully saturated rings. The van der Waals surface area contributed by atoms with E-state index in [9.17, 15) is 14.8 Å². The Morgan fingerprint density at radius 1 is 1.46 bits per heavy atom. The molecule has 10 heteroatoms. The van der Waals surface area contributed by atoms with E-state index >= 15 is 0 Å². The number of thiocarbonyl (C=S) groups is 1. The highest BCUT2D eigenvalue weighted by Gasteiger charge is 2.31. The van der Waals surface area contributed by atoms with Crippen LogP contribution in [0.25, 0.3) is 6.08 Å². The number of benzene rings is 1. The van der Waals surface area contributed by atoms with Crippen molar-refractivity contribution in [2.75, 3.05) is 0 Å². The Labute approximate surface area is 146 Å². The third-order valence-electron chi connectivity index (χ3n) is 2.92. The molecular formula is C14H10N4O4S2. The highest BCUT2D eigenvalue weighted by Crippen LogP contribution is 2.33. The second-order valence-corrected chi connectivity index (χ2v) is 6.17. The van der Waals surface area contributed by atoms with Crippen molar-refractivity contribution < 1.29 is 20.0 Å². The number of thioether (sulfide) groups is 1. The molecule has 1 aromatic rings. The van der Waals surface area contributed by atoms with Crippen LogP contribution in [0.15, 0.2) is 40.9 Å². The van der Waals surface area contributed by atoms with E-state index in [2.05, 4.69) is 0 Å². The fourth-order valence-electron chi connectivity index (χ4n) is 1.74. The number of nitrogens with two attached hydrogens (primary N) is 1. The minimum absolute atomic E-state index is 0.128. The number of rotatable bonds is 4. The van der Waals surface area contributed by atoms with Gasteiger partial charge in [0.1, 0.15) is 11.6 Å². The van der Waals surface area contributed by atoms with Crippen LogP contribution >= 0.6 is 24.0 Å². The van der Waals surface area contributed by atoms with Gasteiger partial charge >= 0.3 is 0 Å². The topological polar surface area (TPSA) is 135 Å². The molecule has 0 radical (unpaired) electrons. The molecule has 1 heterocycles. The van der Waals surface area contributed by atoms with Crippen LogP contribution in [0.3, 0.4) is 0 Å². The summed E-state index contributed by atoms with van der Waals surface area (Å²) in [7, 11) is 0. The summed E-state index contributed by atoms with van der Waals surface area (Å²) in [4.78, 5) is 24.7. The lowest BCUT2D eigenvalue weighted by molar-refractivity contribution is -0.991. The second kappa shape index (κ2) is 7.35. The zero-order chi connectivity index (χ0) is 17.9. The smallest absolute Gasteiger partial charge is 0.270 e. The molecule has 1 atom stereocenters. The van der Waals surface area contributed by atoms with Gasteiger partial charge in [-0.1, -0.05) is 24.0 Å². The van der Waals surface area contributed by atoms with Crippen LogP contribution in [0, 0.1) is 16.5 Å². The molecule has 0 bridgehead atoms. The molecule has 4 N–H and O–H groups in total. The summed E-state index contributed by atoms with van der Waals surface area (Å²) in [5.74, 6) is -1.46. The normalized spacial score (nSPS) is 18.0. The van der Waals surface area contributed by atoms with Crippen LogP contribution in [0.4, 0.5) is 5.69 Å². The number of quaternary nitrogens is 1. The van der Waals surface area contributed by atoms with Gasteiger partial charge in [0.25, 0.3) is 11.8 Å². The predicted molar refractivity (Wildman–Crippen MR) is 90.1 cm³/mol. The first-order valence-electron chi connectivity index (χ1n) is 6.35. The highest BCUT2D eigenvalue weighted by molar-refractivity contribution is 8.26. The Hall–Kier alpha value is -2.55. The number of nitrogens with zero attached hydrogens (tertiary/aromatic N) is 2. The Balaban J connectivity index is 2.28. The fourth-order valence-corrected chi connectivity index (χ4v) is 2.95. The first kappa shape index (κ1) is 17.8. The standard InChI is InChI=1S/C14H10N4O4S2/c15-6-9(12(16)19)7-17-13(20)11(24-14(17)23)5-8-1-3-10(4-2-8)18(21)22/h1-5,7,18,21H,(H2,16,19)/b9-7-,11-5+. The molecule has 0 saturated carbocycles. The van der Waals surface area contributed by atoms with Crippen LogP contribution in [-0.4, -0.2) is 26.2 Å². The summed E-state index contributed by atoms with van der Waals surface area (Å²) in [5.41, 5.74) is 5.38. The van der Waals surface area contributed by atoms with Gasteiger partial charge in [0.05, 0.1) is 4.91 Å². The molecule has 0 spiro atoms. The lowest BCUT2D eigenvalue weighted by Gasteiger charge is -2.10. The summed E-state index contributed by atoms with van der Waals surface area (Å²) >= 11 is 6.06. The van der Waals surface area contributed by atoms with E-state index in [1.807, 2.05) is 0 Å². The second-order valence-electron chi connectivity index (χ2n) is 4.50. The van der Waals surface area contributed by atoms with Crippen molar-refractivity contribution in [2.45, 2.75) is 0 Å². The molecule has 0 aliphatic carbocycles.